The summed E-state index contributed by atoms with van der Waals surface area (Å²) in [7, 11) is 1.30. The maximum Gasteiger partial charge on any atom is 0.337 e. The number of methoxy groups -OCH3 is 1. The van der Waals surface area contributed by atoms with Crippen molar-refractivity contribution in [1.29, 1.82) is 0 Å². The van der Waals surface area contributed by atoms with Gasteiger partial charge in [-0.3, -0.25) is 0 Å². The molecule has 2 N–H and O–H groups in total. The van der Waals surface area contributed by atoms with Gasteiger partial charge in [-0.2, -0.15) is 0 Å². The van der Waals surface area contributed by atoms with Crippen molar-refractivity contribution >= 4 is 40.6 Å². The van der Waals surface area contributed by atoms with Crippen molar-refractivity contribution < 1.29 is 13.9 Å². The van der Waals surface area contributed by atoms with Gasteiger partial charge < -0.3 is 15.4 Å². The molecule has 0 atom stereocenters. The molecular formula is C18H14ClFN4O2. The van der Waals surface area contributed by atoms with Gasteiger partial charge >= 0.3 is 5.97 Å². The first kappa shape index (κ1) is 17.6. The van der Waals surface area contributed by atoms with E-state index in [0.717, 1.165) is 0 Å². The van der Waals surface area contributed by atoms with Gasteiger partial charge in [0.1, 0.15) is 23.8 Å². The molecule has 0 saturated heterocycles. The summed E-state index contributed by atoms with van der Waals surface area (Å²) in [5.74, 6) is -0.0562. The standard InChI is InChI=1S/C18H14ClFN4O2/c1-26-18(25)11-6-7-12(19)15(8-11)24-17-9-16(21-10-22-17)23-14-5-3-2-4-13(14)20/h2-10H,1H3,(H2,21,22,23,24). The number of carbonyl (C=O) groups excluding carboxylic acids is 1. The van der Waals surface area contributed by atoms with Gasteiger partial charge in [0.25, 0.3) is 0 Å². The smallest absolute Gasteiger partial charge is 0.337 e. The Hall–Kier alpha value is -3.19. The molecule has 0 unspecified atom stereocenters. The zero-order valence-electron chi connectivity index (χ0n) is 13.7. The van der Waals surface area contributed by atoms with Gasteiger partial charge in [0.15, 0.2) is 0 Å². The summed E-state index contributed by atoms with van der Waals surface area (Å²) < 4.78 is 18.4. The van der Waals surface area contributed by atoms with Crippen LogP contribution >= 0.6 is 11.6 Å². The Balaban J connectivity index is 1.83. The van der Waals surface area contributed by atoms with Crippen LogP contribution in [0.1, 0.15) is 10.4 Å². The van der Waals surface area contributed by atoms with Crippen LogP contribution in [0.4, 0.5) is 27.4 Å². The van der Waals surface area contributed by atoms with E-state index in [0.29, 0.717) is 33.6 Å². The molecule has 0 amide bonds. The molecule has 26 heavy (non-hydrogen) atoms. The highest BCUT2D eigenvalue weighted by atomic mass is 35.5. The molecule has 0 saturated carbocycles. The van der Waals surface area contributed by atoms with Crippen molar-refractivity contribution in [3.8, 4) is 0 Å². The van der Waals surface area contributed by atoms with Crippen molar-refractivity contribution in [2.45, 2.75) is 0 Å². The van der Waals surface area contributed by atoms with Crippen LogP contribution in [0, 0.1) is 5.82 Å². The highest BCUT2D eigenvalue weighted by Gasteiger charge is 2.10. The number of hydrogen-bond donors (Lipinski definition) is 2. The Kier molecular flexibility index (Phi) is 5.28. The summed E-state index contributed by atoms with van der Waals surface area (Å²) in [6.45, 7) is 0. The second-order valence-corrected chi connectivity index (χ2v) is 5.61. The summed E-state index contributed by atoms with van der Waals surface area (Å²) in [4.78, 5) is 19.8. The fourth-order valence-electron chi connectivity index (χ4n) is 2.20. The number of aromatic nitrogens is 2. The van der Waals surface area contributed by atoms with Crippen molar-refractivity contribution in [1.82, 2.24) is 9.97 Å². The van der Waals surface area contributed by atoms with Crippen LogP contribution in [0.25, 0.3) is 0 Å². The van der Waals surface area contributed by atoms with E-state index in [1.807, 2.05) is 0 Å². The first-order chi connectivity index (χ1) is 12.6. The molecule has 1 heterocycles. The number of hydrogen-bond acceptors (Lipinski definition) is 6. The van der Waals surface area contributed by atoms with Crippen molar-refractivity contribution in [3.63, 3.8) is 0 Å². The molecule has 3 rings (SSSR count). The van der Waals surface area contributed by atoms with Crippen molar-refractivity contribution in [2.24, 2.45) is 0 Å². The summed E-state index contributed by atoms with van der Waals surface area (Å²) >= 11 is 6.16. The molecule has 0 aliphatic rings. The van der Waals surface area contributed by atoms with Crippen LogP contribution in [-0.4, -0.2) is 23.0 Å². The van der Waals surface area contributed by atoms with Crippen LogP contribution in [0.2, 0.25) is 5.02 Å². The van der Waals surface area contributed by atoms with E-state index < -0.39 is 11.8 Å². The lowest BCUT2D eigenvalue weighted by molar-refractivity contribution is 0.0601. The number of ether oxygens (including phenoxy) is 1. The third kappa shape index (κ3) is 4.07. The second-order valence-electron chi connectivity index (χ2n) is 5.20. The molecule has 2 aromatic carbocycles. The fraction of sp³-hybridized carbons (Fsp3) is 0.0556. The van der Waals surface area contributed by atoms with Crippen LogP contribution in [0.15, 0.2) is 54.9 Å². The molecule has 132 valence electrons. The lowest BCUT2D eigenvalue weighted by Gasteiger charge is -2.11. The monoisotopic (exact) mass is 372 g/mol. The number of para-hydroxylation sites is 1. The molecule has 0 aliphatic heterocycles. The number of esters is 1. The molecule has 8 heteroatoms. The van der Waals surface area contributed by atoms with E-state index in [-0.39, 0.29) is 0 Å². The van der Waals surface area contributed by atoms with Crippen molar-refractivity contribution in [3.05, 3.63) is 71.3 Å². The zero-order chi connectivity index (χ0) is 18.5. The van der Waals surface area contributed by atoms with E-state index in [4.69, 9.17) is 16.3 Å². The molecule has 1 aromatic heterocycles. The van der Waals surface area contributed by atoms with Gasteiger partial charge in [0.05, 0.1) is 29.1 Å². The first-order valence-electron chi connectivity index (χ1n) is 7.55. The Bertz CT molecular complexity index is 952. The minimum Gasteiger partial charge on any atom is -0.465 e. The predicted octanol–water partition coefficient (Wildman–Crippen LogP) is 4.54. The van der Waals surface area contributed by atoms with Gasteiger partial charge in [0.2, 0.25) is 0 Å². The van der Waals surface area contributed by atoms with E-state index >= 15 is 0 Å². The van der Waals surface area contributed by atoms with Crippen LogP contribution in [0.5, 0.6) is 0 Å². The molecule has 0 fully saturated rings. The summed E-state index contributed by atoms with van der Waals surface area (Å²) in [5, 5.41) is 6.29. The molecule has 0 spiro atoms. The number of nitrogens with zero attached hydrogens (tertiary/aromatic N) is 2. The minimum atomic E-state index is -0.477. The van der Waals surface area contributed by atoms with E-state index in [9.17, 15) is 9.18 Å². The lowest BCUT2D eigenvalue weighted by Crippen LogP contribution is -2.03. The molecule has 6 nitrogen and oxygen atoms in total. The molecule has 3 aromatic rings. The van der Waals surface area contributed by atoms with E-state index in [2.05, 4.69) is 20.6 Å². The van der Waals surface area contributed by atoms with Gasteiger partial charge in [-0.25, -0.2) is 19.2 Å². The Morgan fingerprint density at radius 1 is 1.04 bits per heavy atom. The number of anilines is 4. The Labute approximate surface area is 154 Å². The maximum atomic E-state index is 13.7. The summed E-state index contributed by atoms with van der Waals surface area (Å²) in [6.07, 6.45) is 1.32. The van der Waals surface area contributed by atoms with E-state index in [1.54, 1.807) is 42.5 Å². The minimum absolute atomic E-state index is 0.294. The largest absolute Gasteiger partial charge is 0.465 e. The molecule has 0 bridgehead atoms. The highest BCUT2D eigenvalue weighted by Crippen LogP contribution is 2.27. The number of carbonyl (C=O) groups is 1. The summed E-state index contributed by atoms with van der Waals surface area (Å²) in [6, 6.07) is 12.5. The van der Waals surface area contributed by atoms with Gasteiger partial charge in [0, 0.05) is 6.07 Å². The molecular weight excluding hydrogens is 359 g/mol. The molecule has 0 radical (unpaired) electrons. The number of rotatable bonds is 5. The molecule has 0 aliphatic carbocycles. The fourth-order valence-corrected chi connectivity index (χ4v) is 2.36. The van der Waals surface area contributed by atoms with Gasteiger partial charge in [-0.05, 0) is 30.3 Å². The maximum absolute atomic E-state index is 13.7. The number of halogens is 2. The topological polar surface area (TPSA) is 76.1 Å². The van der Waals surface area contributed by atoms with E-state index in [1.165, 1.54) is 19.5 Å². The van der Waals surface area contributed by atoms with Crippen LogP contribution < -0.4 is 10.6 Å². The highest BCUT2D eigenvalue weighted by molar-refractivity contribution is 6.33. The third-order valence-corrected chi connectivity index (χ3v) is 3.78. The number of benzene rings is 2. The zero-order valence-corrected chi connectivity index (χ0v) is 14.4. The predicted molar refractivity (Wildman–Crippen MR) is 97.8 cm³/mol. The SMILES string of the molecule is COC(=O)c1ccc(Cl)c(Nc2cc(Nc3ccccc3F)ncn2)c1. The average Bonchev–Trinajstić information content (AvgIpc) is 2.65. The van der Waals surface area contributed by atoms with Gasteiger partial charge in [-0.1, -0.05) is 23.7 Å². The lowest BCUT2D eigenvalue weighted by atomic mass is 10.2. The summed E-state index contributed by atoms with van der Waals surface area (Å²) in [5.41, 5.74) is 1.12. The van der Waals surface area contributed by atoms with Crippen molar-refractivity contribution in [2.75, 3.05) is 17.7 Å². The van der Waals surface area contributed by atoms with Crippen LogP contribution in [0.3, 0.4) is 0 Å². The third-order valence-electron chi connectivity index (χ3n) is 3.45. The van der Waals surface area contributed by atoms with Crippen LogP contribution in [-0.2, 0) is 4.74 Å². The second kappa shape index (κ2) is 7.79. The first-order valence-corrected chi connectivity index (χ1v) is 7.93. The average molecular weight is 373 g/mol. The number of nitrogens with one attached hydrogen (secondary N) is 2. The Morgan fingerprint density at radius 3 is 2.42 bits per heavy atom. The Morgan fingerprint density at radius 2 is 1.73 bits per heavy atom. The quantitative estimate of drug-likeness (QED) is 0.640. The normalized spacial score (nSPS) is 10.3. The van der Waals surface area contributed by atoms with Gasteiger partial charge in [-0.15, -0.1) is 0 Å².